The van der Waals surface area contributed by atoms with Crippen molar-refractivity contribution in [2.75, 3.05) is 101 Å². The zero-order chi connectivity index (χ0) is 85.8. The van der Waals surface area contributed by atoms with E-state index in [4.69, 9.17) is 48.7 Å². The molecule has 3 aliphatic carbocycles. The predicted octanol–water partition coefficient (Wildman–Crippen LogP) is 22.0. The summed E-state index contributed by atoms with van der Waals surface area (Å²) < 4.78 is 41.5. The van der Waals surface area contributed by atoms with Crippen LogP contribution in [0.25, 0.3) is 64.6 Å². The highest BCUT2D eigenvalue weighted by atomic mass is 16.5. The van der Waals surface area contributed by atoms with E-state index < -0.39 is 0 Å². The van der Waals surface area contributed by atoms with Gasteiger partial charge < -0.3 is 73.9 Å². The molecule has 0 saturated carbocycles. The number of methoxy groups -OCH3 is 8. The molecule has 15 aromatic carbocycles. The number of benzene rings is 15. The van der Waals surface area contributed by atoms with Crippen molar-refractivity contribution in [3.8, 4) is 69.0 Å². The van der Waals surface area contributed by atoms with Crippen molar-refractivity contribution < 1.29 is 72.7 Å². The number of aryl methyl sites for hydroxylation is 1. The van der Waals surface area contributed by atoms with Crippen LogP contribution in [0.1, 0.15) is 71.3 Å². The summed E-state index contributed by atoms with van der Waals surface area (Å²) >= 11 is 0. The minimum absolute atomic E-state index is 0. The normalized spacial score (nSPS) is 11.8. The minimum Gasteiger partial charge on any atom is -0.508 e. The first-order valence-electron chi connectivity index (χ1n) is 39.3. The highest BCUT2D eigenvalue weighted by Crippen LogP contribution is 2.36. The molecule has 0 heterocycles. The molecule has 18 rings (SSSR count). The van der Waals surface area contributed by atoms with Gasteiger partial charge in [0.2, 0.25) is 0 Å². The van der Waals surface area contributed by atoms with Gasteiger partial charge in [0.25, 0.3) is 0 Å². The first-order chi connectivity index (χ1) is 58.1. The number of hydrogen-bond donors (Lipinski definition) is 5. The molecule has 15 aromatic rings. The second-order valence-corrected chi connectivity index (χ2v) is 28.8. The Labute approximate surface area is 709 Å². The zero-order valence-electron chi connectivity index (χ0n) is 70.1. The number of carbonyl (C=O) groups excluding carboxylic acids is 3. The number of carbonyl (C=O) groups is 3. The Morgan fingerprint density at radius 2 is 0.653 bits per heavy atom. The maximum absolute atomic E-state index is 11.4. The molecule has 0 spiro atoms. The first kappa shape index (κ1) is 90.8. The van der Waals surface area contributed by atoms with E-state index in [0.717, 1.165) is 148 Å². The SMILES string of the molecule is C.CN(C)c1cccc2c1CCC(=O)C2.COc1ccc2c(N(C)C)cccc2c1.COc1ccc2c(O)cccc2c1.COc1ccc2c(OC)cccc2c1.COc1ccc2c(OC)cccc2c1.COc1ccc2c(c1)CCCC2=O.COc1cccc2c1CCC(=O)C2.Nc1cccc2cc(O)ccc12.Oc1ccc2c(O)cccc2c1. The summed E-state index contributed by atoms with van der Waals surface area (Å²) in [5.74, 6) is 8.99. The number of Topliss-reactive ketones (excluding diaryl/α,β-unsaturated/α-hetero) is 3. The molecule has 6 N–H and O–H groups in total. The number of phenols is 4. The third kappa shape index (κ3) is 24.3. The van der Waals surface area contributed by atoms with Gasteiger partial charge in [-0.1, -0.05) is 104 Å². The van der Waals surface area contributed by atoms with E-state index in [-0.39, 0.29) is 30.5 Å². The lowest BCUT2D eigenvalue weighted by Crippen LogP contribution is -2.18. The lowest BCUT2D eigenvalue weighted by Gasteiger charge is -2.22. The highest BCUT2D eigenvalue weighted by Gasteiger charge is 2.21. The standard InChI is InChI=1S/C13H15NO.C12H15NO.2C12H12O2.C11H12O2.C11H10O2.C11H12O2.C10H9NO.C10H8O2.CH4/c1-14(2)13-6-4-5-10-9-11(15-3)7-8-12(10)13;1-13(2)12-5-3-4-9-8-10(14)6-7-11(9)12;2*1-13-10-6-7-11-9(8-10)4-3-5-12(11)14-2;2*1-13-9-5-6-10-8(7-9)3-2-4-11(10)12;1-13-11-4-2-3-8-7-9(12)5-6-10(8)11;11-10-3-1-2-7-6-8(12)4-5-9(7)10;11-8-4-5-9-7(6-8)2-1-3-10(9)12;/h4-9H,1-3H3;3-5H,6-8H2,1-2H3;2*3-8H,1-2H3;5-7H,2-4H2,1H3;2-7,12H,1H3;2-4H,5-7H2,1H3;1-6,12H,11H2;1-6,11-12H;1H4. The van der Waals surface area contributed by atoms with Crippen molar-refractivity contribution in [2.24, 2.45) is 0 Å². The summed E-state index contributed by atoms with van der Waals surface area (Å²) in [6.07, 6.45) is 6.96. The van der Waals surface area contributed by atoms with Crippen LogP contribution >= 0.6 is 0 Å². The lowest BCUT2D eigenvalue weighted by atomic mass is 9.89. The molecule has 0 unspecified atom stereocenters. The van der Waals surface area contributed by atoms with Crippen molar-refractivity contribution in [1.29, 1.82) is 0 Å². The van der Waals surface area contributed by atoms with Crippen LogP contribution in [0.4, 0.5) is 17.1 Å². The Kier molecular flexibility index (Phi) is 33.3. The van der Waals surface area contributed by atoms with Gasteiger partial charge >= 0.3 is 0 Å². The summed E-state index contributed by atoms with van der Waals surface area (Å²) in [4.78, 5) is 38.2. The van der Waals surface area contributed by atoms with Crippen molar-refractivity contribution in [2.45, 2.75) is 65.2 Å². The number of rotatable bonds is 10. The van der Waals surface area contributed by atoms with Crippen LogP contribution in [-0.2, 0) is 41.7 Å². The summed E-state index contributed by atoms with van der Waals surface area (Å²) in [5.41, 5.74) is 15.9. The average Bonchev–Trinajstić information content (AvgIpc) is 0.816. The Hall–Kier alpha value is -14.1. The third-order valence-corrected chi connectivity index (χ3v) is 20.6. The van der Waals surface area contributed by atoms with Gasteiger partial charge in [0.05, 0.1) is 56.9 Å². The number of hydrogen-bond acceptors (Lipinski definition) is 18. The molecule has 626 valence electrons. The maximum atomic E-state index is 11.4. The van der Waals surface area contributed by atoms with Crippen LogP contribution in [0.5, 0.6) is 69.0 Å². The van der Waals surface area contributed by atoms with Crippen LogP contribution in [0.3, 0.4) is 0 Å². The fraction of sp³-hybridized carbons (Fsp3) is 0.214. The molecule has 0 atom stereocenters. The van der Waals surface area contributed by atoms with Gasteiger partial charge in [-0.25, -0.2) is 0 Å². The summed E-state index contributed by atoms with van der Waals surface area (Å²) in [7, 11) is 21.5. The topological polar surface area (TPSA) is 238 Å². The summed E-state index contributed by atoms with van der Waals surface area (Å²) in [6, 6.07) is 86.0. The van der Waals surface area contributed by atoms with Crippen molar-refractivity contribution in [3.63, 3.8) is 0 Å². The van der Waals surface area contributed by atoms with Gasteiger partial charge in [0.1, 0.15) is 80.6 Å². The number of anilines is 3. The Balaban J connectivity index is 0.000000155. The molecule has 0 aromatic heterocycles. The molecule has 3 aliphatic rings. The zero-order valence-corrected chi connectivity index (χ0v) is 70.1. The predicted molar refractivity (Wildman–Crippen MR) is 493 cm³/mol. The third-order valence-electron chi connectivity index (χ3n) is 20.6. The van der Waals surface area contributed by atoms with E-state index in [0.29, 0.717) is 49.4 Å². The average molecular weight is 1630 g/mol. The van der Waals surface area contributed by atoms with Crippen molar-refractivity contribution in [3.05, 3.63) is 306 Å². The fourth-order valence-corrected chi connectivity index (χ4v) is 14.4. The molecular weight excluding hydrogens is 1520 g/mol. The van der Waals surface area contributed by atoms with Gasteiger partial charge in [-0.05, 0) is 262 Å². The molecule has 0 amide bonds. The molecule has 18 nitrogen and oxygen atoms in total. The first-order valence-corrected chi connectivity index (χ1v) is 39.3. The van der Waals surface area contributed by atoms with Gasteiger partial charge in [-0.2, -0.15) is 0 Å². The summed E-state index contributed by atoms with van der Waals surface area (Å²) in [5, 5.41) is 49.5. The largest absolute Gasteiger partial charge is 0.508 e. The van der Waals surface area contributed by atoms with Crippen molar-refractivity contribution >= 4 is 99.0 Å². The van der Waals surface area contributed by atoms with E-state index in [1.807, 2.05) is 196 Å². The lowest BCUT2D eigenvalue weighted by molar-refractivity contribution is -0.119. The van der Waals surface area contributed by atoms with Gasteiger partial charge in [-0.15, -0.1) is 0 Å². The number of aromatic hydroxyl groups is 4. The molecular formula is C103H109N3O15. The molecule has 0 fully saturated rings. The Morgan fingerprint density at radius 1 is 0.298 bits per heavy atom. The number of ketones is 3. The number of ether oxygens (including phenoxy) is 8. The van der Waals surface area contributed by atoms with Crippen LogP contribution in [0.2, 0.25) is 0 Å². The fourth-order valence-electron chi connectivity index (χ4n) is 14.4. The van der Waals surface area contributed by atoms with Gasteiger partial charge in [-0.3, -0.25) is 14.4 Å². The summed E-state index contributed by atoms with van der Waals surface area (Å²) in [6.45, 7) is 0. The van der Waals surface area contributed by atoms with E-state index in [9.17, 15) is 29.7 Å². The van der Waals surface area contributed by atoms with Crippen LogP contribution in [0, 0.1) is 0 Å². The van der Waals surface area contributed by atoms with Crippen LogP contribution < -0.4 is 53.4 Å². The smallest absolute Gasteiger partial charge is 0.163 e. The molecule has 18 heteroatoms. The van der Waals surface area contributed by atoms with Crippen molar-refractivity contribution in [1.82, 2.24) is 0 Å². The van der Waals surface area contributed by atoms with Gasteiger partial charge in [0.15, 0.2) is 5.78 Å². The number of nitrogens with zero attached hydrogens (tertiary/aromatic N) is 2. The number of phenolic OH excluding ortho intramolecular Hbond substituents is 4. The quantitative estimate of drug-likeness (QED) is 0.0800. The van der Waals surface area contributed by atoms with Crippen LogP contribution in [-0.4, -0.2) is 123 Å². The van der Waals surface area contributed by atoms with E-state index in [2.05, 4.69) is 66.4 Å². The van der Waals surface area contributed by atoms with Gasteiger partial charge in [0, 0.05) is 115 Å². The molecule has 0 radical (unpaired) electrons. The minimum atomic E-state index is 0. The number of nitrogen functional groups attached to an aromatic ring is 1. The Bertz CT molecular complexity index is 5850. The number of fused-ring (bicyclic) bond motifs is 9. The number of nitrogens with two attached hydrogens (primary N) is 1. The molecule has 121 heavy (non-hydrogen) atoms. The Morgan fingerprint density at radius 3 is 1.14 bits per heavy atom. The van der Waals surface area contributed by atoms with E-state index in [1.165, 1.54) is 38.8 Å². The molecule has 0 aliphatic heterocycles. The monoisotopic (exact) mass is 1630 g/mol. The van der Waals surface area contributed by atoms with E-state index in [1.54, 1.807) is 105 Å². The molecule has 0 saturated heterocycles. The van der Waals surface area contributed by atoms with E-state index >= 15 is 0 Å². The van der Waals surface area contributed by atoms with Crippen LogP contribution in [0.15, 0.2) is 273 Å². The molecule has 0 bridgehead atoms. The second kappa shape index (κ2) is 44.4. The highest BCUT2D eigenvalue weighted by molar-refractivity contribution is 5.99. The second-order valence-electron chi connectivity index (χ2n) is 28.8. The maximum Gasteiger partial charge on any atom is 0.163 e.